The molecular formula is C18H23N3O5. The number of ether oxygens (including phenoxy) is 2. The van der Waals surface area contributed by atoms with Crippen LogP contribution in [0.1, 0.15) is 12.8 Å². The Morgan fingerprint density at radius 3 is 2.58 bits per heavy atom. The number of amides is 3. The molecule has 1 aromatic carbocycles. The Kier molecular flexibility index (Phi) is 4.58. The number of nitrogens with zero attached hydrogens (tertiary/aromatic N) is 3. The number of urea groups is 1. The lowest BCUT2D eigenvalue weighted by atomic mass is 10.1. The highest BCUT2D eigenvalue weighted by molar-refractivity contribution is 5.96. The summed E-state index contributed by atoms with van der Waals surface area (Å²) in [6.45, 7) is 3.24. The number of rotatable bonds is 3. The molecule has 0 aromatic heterocycles. The van der Waals surface area contributed by atoms with Crippen LogP contribution in [0.4, 0.5) is 10.5 Å². The lowest BCUT2D eigenvalue weighted by Gasteiger charge is -2.31. The highest BCUT2D eigenvalue weighted by atomic mass is 16.6. The molecule has 0 unspecified atom stereocenters. The first-order valence-electron chi connectivity index (χ1n) is 9.04. The molecule has 0 atom stereocenters. The smallest absolute Gasteiger partial charge is 0.325 e. The van der Waals surface area contributed by atoms with Gasteiger partial charge in [0.05, 0.1) is 6.10 Å². The van der Waals surface area contributed by atoms with E-state index in [0.29, 0.717) is 63.7 Å². The van der Waals surface area contributed by atoms with Gasteiger partial charge in [0.2, 0.25) is 5.91 Å². The number of fused-ring (bicyclic) bond motifs is 1. The van der Waals surface area contributed by atoms with Crippen LogP contribution in [0.5, 0.6) is 11.5 Å². The van der Waals surface area contributed by atoms with Crippen LogP contribution in [0.2, 0.25) is 0 Å². The van der Waals surface area contributed by atoms with E-state index in [1.54, 1.807) is 14.7 Å². The zero-order valence-electron chi connectivity index (χ0n) is 14.6. The Balaban J connectivity index is 1.39. The maximum Gasteiger partial charge on any atom is 0.325 e. The molecular weight excluding hydrogens is 338 g/mol. The molecule has 3 amide bonds. The number of piperidine rings is 1. The fourth-order valence-electron chi connectivity index (χ4n) is 3.55. The Morgan fingerprint density at radius 2 is 1.81 bits per heavy atom. The third-order valence-electron chi connectivity index (χ3n) is 5.08. The minimum Gasteiger partial charge on any atom is -0.486 e. The highest BCUT2D eigenvalue weighted by Gasteiger charge is 2.33. The van der Waals surface area contributed by atoms with Gasteiger partial charge in [-0.05, 0) is 25.0 Å². The van der Waals surface area contributed by atoms with Crippen LogP contribution in [-0.2, 0) is 4.79 Å². The third kappa shape index (κ3) is 3.29. The summed E-state index contributed by atoms with van der Waals surface area (Å²) in [4.78, 5) is 30.1. The summed E-state index contributed by atoms with van der Waals surface area (Å²) in [5.74, 6) is 1.27. The molecule has 0 saturated carbocycles. The van der Waals surface area contributed by atoms with Crippen LogP contribution in [-0.4, -0.2) is 78.9 Å². The molecule has 0 radical (unpaired) electrons. The predicted octanol–water partition coefficient (Wildman–Crippen LogP) is 0.683. The van der Waals surface area contributed by atoms with Crippen LogP contribution in [0, 0.1) is 0 Å². The van der Waals surface area contributed by atoms with Gasteiger partial charge >= 0.3 is 6.03 Å². The summed E-state index contributed by atoms with van der Waals surface area (Å²) < 4.78 is 11.1. The predicted molar refractivity (Wildman–Crippen MR) is 93.6 cm³/mol. The van der Waals surface area contributed by atoms with Crippen molar-refractivity contribution in [1.29, 1.82) is 0 Å². The molecule has 1 aromatic rings. The van der Waals surface area contributed by atoms with Crippen molar-refractivity contribution < 1.29 is 24.2 Å². The molecule has 2 fully saturated rings. The van der Waals surface area contributed by atoms with Crippen molar-refractivity contribution in [3.8, 4) is 11.5 Å². The first-order chi connectivity index (χ1) is 12.6. The van der Waals surface area contributed by atoms with Crippen molar-refractivity contribution in [3.63, 3.8) is 0 Å². The van der Waals surface area contributed by atoms with E-state index in [1.165, 1.54) is 0 Å². The molecule has 3 aliphatic rings. The van der Waals surface area contributed by atoms with E-state index >= 15 is 0 Å². The van der Waals surface area contributed by atoms with Crippen molar-refractivity contribution in [2.75, 3.05) is 50.8 Å². The molecule has 0 bridgehead atoms. The van der Waals surface area contributed by atoms with Gasteiger partial charge in [0.1, 0.15) is 19.8 Å². The van der Waals surface area contributed by atoms with E-state index in [-0.39, 0.29) is 24.6 Å². The van der Waals surface area contributed by atoms with Gasteiger partial charge in [-0.25, -0.2) is 4.79 Å². The zero-order chi connectivity index (χ0) is 18.1. The quantitative estimate of drug-likeness (QED) is 0.856. The van der Waals surface area contributed by atoms with Crippen molar-refractivity contribution in [2.45, 2.75) is 18.9 Å². The Hall–Kier alpha value is -2.48. The van der Waals surface area contributed by atoms with E-state index < -0.39 is 0 Å². The van der Waals surface area contributed by atoms with Gasteiger partial charge < -0.3 is 24.4 Å². The van der Waals surface area contributed by atoms with Crippen molar-refractivity contribution in [1.82, 2.24) is 9.80 Å². The van der Waals surface area contributed by atoms with Gasteiger partial charge in [-0.15, -0.1) is 0 Å². The van der Waals surface area contributed by atoms with Gasteiger partial charge in [0, 0.05) is 37.9 Å². The third-order valence-corrected chi connectivity index (χ3v) is 5.08. The highest BCUT2D eigenvalue weighted by Crippen LogP contribution is 2.35. The van der Waals surface area contributed by atoms with Gasteiger partial charge in [0.15, 0.2) is 11.5 Å². The minimum absolute atomic E-state index is 0.0609. The number of aliphatic hydroxyl groups is 1. The van der Waals surface area contributed by atoms with Gasteiger partial charge in [0.25, 0.3) is 0 Å². The Morgan fingerprint density at radius 1 is 1.08 bits per heavy atom. The maximum atomic E-state index is 12.7. The minimum atomic E-state index is -0.321. The lowest BCUT2D eigenvalue weighted by molar-refractivity contribution is -0.133. The van der Waals surface area contributed by atoms with Crippen molar-refractivity contribution >= 4 is 17.6 Å². The number of likely N-dealkylation sites (tertiary alicyclic amines) is 1. The summed E-state index contributed by atoms with van der Waals surface area (Å²) >= 11 is 0. The summed E-state index contributed by atoms with van der Waals surface area (Å²) in [6, 6.07) is 5.28. The lowest BCUT2D eigenvalue weighted by Crippen LogP contribution is -2.46. The molecule has 3 heterocycles. The number of carbonyl (C=O) groups is 2. The molecule has 26 heavy (non-hydrogen) atoms. The average Bonchev–Trinajstić information content (AvgIpc) is 3.02. The molecule has 4 rings (SSSR count). The van der Waals surface area contributed by atoms with Crippen LogP contribution in [0.25, 0.3) is 0 Å². The first-order valence-corrected chi connectivity index (χ1v) is 9.04. The number of hydrogen-bond donors (Lipinski definition) is 1. The van der Waals surface area contributed by atoms with Crippen LogP contribution >= 0.6 is 0 Å². The first kappa shape index (κ1) is 17.0. The van der Waals surface area contributed by atoms with Crippen LogP contribution < -0.4 is 14.4 Å². The number of aliphatic hydroxyl groups excluding tert-OH is 1. The molecule has 1 N–H and O–H groups in total. The second-order valence-electron chi connectivity index (χ2n) is 6.80. The normalized spacial score (nSPS) is 20.7. The fourth-order valence-corrected chi connectivity index (χ4v) is 3.55. The second kappa shape index (κ2) is 7.03. The second-order valence-corrected chi connectivity index (χ2v) is 6.80. The molecule has 3 aliphatic heterocycles. The topological polar surface area (TPSA) is 82.6 Å². The molecule has 8 heteroatoms. The van der Waals surface area contributed by atoms with E-state index in [2.05, 4.69) is 0 Å². The average molecular weight is 361 g/mol. The number of anilines is 1. The Bertz CT molecular complexity index is 702. The van der Waals surface area contributed by atoms with E-state index in [0.717, 1.165) is 5.69 Å². The summed E-state index contributed by atoms with van der Waals surface area (Å²) in [5, 5.41) is 9.55. The number of carbonyl (C=O) groups excluding carboxylic acids is 2. The van der Waals surface area contributed by atoms with Crippen LogP contribution in [0.3, 0.4) is 0 Å². The Labute approximate surface area is 151 Å². The number of benzene rings is 1. The zero-order valence-corrected chi connectivity index (χ0v) is 14.6. The molecule has 0 spiro atoms. The van der Waals surface area contributed by atoms with Gasteiger partial charge in [-0.3, -0.25) is 9.69 Å². The van der Waals surface area contributed by atoms with E-state index in [9.17, 15) is 14.7 Å². The molecule has 140 valence electrons. The van der Waals surface area contributed by atoms with E-state index in [1.807, 2.05) is 18.2 Å². The molecule has 8 nitrogen and oxygen atoms in total. The number of hydrogen-bond acceptors (Lipinski definition) is 5. The van der Waals surface area contributed by atoms with Crippen LogP contribution in [0.15, 0.2) is 18.2 Å². The standard InChI is InChI=1S/C18H23N3O5/c22-14-3-5-19(6-4-14)17(23)12-20-7-8-21(18(20)24)13-1-2-15-16(11-13)26-10-9-25-15/h1-2,11,14,22H,3-10,12H2. The molecule has 0 aliphatic carbocycles. The maximum absolute atomic E-state index is 12.7. The summed E-state index contributed by atoms with van der Waals surface area (Å²) in [7, 11) is 0. The fraction of sp³-hybridized carbons (Fsp3) is 0.556. The van der Waals surface area contributed by atoms with Crippen molar-refractivity contribution in [2.24, 2.45) is 0 Å². The van der Waals surface area contributed by atoms with Gasteiger partial charge in [-0.2, -0.15) is 0 Å². The summed E-state index contributed by atoms with van der Waals surface area (Å²) in [6.07, 6.45) is 0.879. The van der Waals surface area contributed by atoms with Gasteiger partial charge in [-0.1, -0.05) is 0 Å². The SMILES string of the molecule is O=C(CN1CCN(c2ccc3c(c2)OCCO3)C1=O)N1CCC(O)CC1. The monoisotopic (exact) mass is 361 g/mol. The van der Waals surface area contributed by atoms with Crippen molar-refractivity contribution in [3.05, 3.63) is 18.2 Å². The van der Waals surface area contributed by atoms with E-state index in [4.69, 9.17) is 9.47 Å². The molecule has 2 saturated heterocycles. The largest absolute Gasteiger partial charge is 0.486 e. The summed E-state index contributed by atoms with van der Waals surface area (Å²) in [5.41, 5.74) is 0.746.